The molecular weight excluding hydrogens is 484 g/mol. The van der Waals surface area contributed by atoms with E-state index < -0.39 is 6.04 Å². The first-order valence-corrected chi connectivity index (χ1v) is 13.1. The second-order valence-corrected chi connectivity index (χ2v) is 9.96. The van der Waals surface area contributed by atoms with Crippen molar-refractivity contribution in [3.8, 4) is 17.2 Å². The summed E-state index contributed by atoms with van der Waals surface area (Å²) in [5.74, 6) is 1.27. The Bertz CT molecular complexity index is 1130. The van der Waals surface area contributed by atoms with Gasteiger partial charge in [0.05, 0.1) is 21.3 Å². The van der Waals surface area contributed by atoms with Gasteiger partial charge in [-0.15, -0.1) is 23.1 Å². The van der Waals surface area contributed by atoms with E-state index >= 15 is 0 Å². The van der Waals surface area contributed by atoms with Crippen LogP contribution >= 0.6 is 23.1 Å². The van der Waals surface area contributed by atoms with Gasteiger partial charge >= 0.3 is 0 Å². The monoisotopic (exact) mass is 512 g/mol. The van der Waals surface area contributed by atoms with E-state index in [0.717, 1.165) is 16.9 Å². The van der Waals surface area contributed by atoms with Gasteiger partial charge in [-0.1, -0.05) is 36.4 Å². The van der Waals surface area contributed by atoms with Crippen molar-refractivity contribution in [1.29, 1.82) is 0 Å². The number of nitrogens with zero attached hydrogens (tertiary/aromatic N) is 1. The normalized spacial score (nSPS) is 17.2. The molecule has 2 heterocycles. The number of thiophene rings is 1. The number of nitrogens with one attached hydrogen (secondary N) is 1. The fourth-order valence-electron chi connectivity index (χ4n) is 4.05. The summed E-state index contributed by atoms with van der Waals surface area (Å²) in [7, 11) is 4.53. The lowest BCUT2D eigenvalue weighted by molar-refractivity contribution is -0.124. The number of carbonyl (C=O) groups is 2. The van der Waals surface area contributed by atoms with Crippen LogP contribution in [0.15, 0.2) is 60.0 Å². The van der Waals surface area contributed by atoms with E-state index in [-0.39, 0.29) is 17.2 Å². The minimum atomic E-state index is -0.602. The molecule has 0 spiro atoms. The van der Waals surface area contributed by atoms with Crippen molar-refractivity contribution < 1.29 is 23.8 Å². The van der Waals surface area contributed by atoms with Crippen LogP contribution in [0.5, 0.6) is 17.2 Å². The van der Waals surface area contributed by atoms with Gasteiger partial charge in [0.1, 0.15) is 11.4 Å². The lowest BCUT2D eigenvalue weighted by Crippen LogP contribution is -2.48. The SMILES string of the molecule is COc1cc(C(=O)N2C(C(=O)NCCc3ccccc3)CSC2c2cccs2)cc(OC)c1OC. The number of ether oxygens (including phenoxy) is 3. The molecule has 1 aliphatic rings. The number of carbonyl (C=O) groups excluding carboxylic acids is 2. The first-order chi connectivity index (χ1) is 17.1. The number of hydrogen-bond donors (Lipinski definition) is 1. The molecule has 2 amide bonds. The van der Waals surface area contributed by atoms with Crippen LogP contribution in [0.1, 0.15) is 26.2 Å². The maximum absolute atomic E-state index is 13.9. The molecule has 0 bridgehead atoms. The van der Waals surface area contributed by atoms with Gasteiger partial charge in [0.25, 0.3) is 5.91 Å². The minimum Gasteiger partial charge on any atom is -0.493 e. The third-order valence-electron chi connectivity index (χ3n) is 5.79. The van der Waals surface area contributed by atoms with E-state index in [1.165, 1.54) is 21.3 Å². The van der Waals surface area contributed by atoms with E-state index in [1.807, 2.05) is 47.8 Å². The van der Waals surface area contributed by atoms with Crippen molar-refractivity contribution in [2.24, 2.45) is 0 Å². The first-order valence-electron chi connectivity index (χ1n) is 11.2. The molecule has 1 saturated heterocycles. The van der Waals surface area contributed by atoms with Crippen LogP contribution in [0.4, 0.5) is 0 Å². The minimum absolute atomic E-state index is 0.159. The smallest absolute Gasteiger partial charge is 0.256 e. The van der Waals surface area contributed by atoms with Gasteiger partial charge in [0, 0.05) is 22.7 Å². The lowest BCUT2D eigenvalue weighted by atomic mass is 10.1. The van der Waals surface area contributed by atoms with E-state index in [2.05, 4.69) is 5.32 Å². The number of benzene rings is 2. The molecule has 0 saturated carbocycles. The van der Waals surface area contributed by atoms with Gasteiger partial charge in [-0.2, -0.15) is 0 Å². The summed E-state index contributed by atoms with van der Waals surface area (Å²) in [5.41, 5.74) is 1.51. The molecule has 1 fully saturated rings. The summed E-state index contributed by atoms with van der Waals surface area (Å²) >= 11 is 3.16. The van der Waals surface area contributed by atoms with Crippen molar-refractivity contribution >= 4 is 34.9 Å². The summed E-state index contributed by atoms with van der Waals surface area (Å²) in [6.45, 7) is 0.500. The van der Waals surface area contributed by atoms with Gasteiger partial charge in [-0.25, -0.2) is 0 Å². The highest BCUT2D eigenvalue weighted by Crippen LogP contribution is 2.45. The predicted octanol–water partition coefficient (Wildman–Crippen LogP) is 4.39. The Kier molecular flexibility index (Phi) is 8.20. The van der Waals surface area contributed by atoms with Crippen LogP contribution in [0.3, 0.4) is 0 Å². The number of thioether (sulfide) groups is 1. The van der Waals surface area contributed by atoms with Gasteiger partial charge in [0.15, 0.2) is 11.5 Å². The molecule has 0 radical (unpaired) electrons. The summed E-state index contributed by atoms with van der Waals surface area (Å²) < 4.78 is 16.3. The highest BCUT2D eigenvalue weighted by molar-refractivity contribution is 7.99. The van der Waals surface area contributed by atoms with E-state index in [1.54, 1.807) is 40.1 Å². The Morgan fingerprint density at radius 3 is 2.31 bits per heavy atom. The maximum Gasteiger partial charge on any atom is 0.256 e. The average Bonchev–Trinajstić information content (AvgIpc) is 3.58. The number of rotatable bonds is 9. The van der Waals surface area contributed by atoms with Crippen LogP contribution in [0.25, 0.3) is 0 Å². The van der Waals surface area contributed by atoms with Crippen LogP contribution in [-0.4, -0.2) is 56.4 Å². The summed E-state index contributed by atoms with van der Waals surface area (Å²) in [6.07, 6.45) is 0.724. The van der Waals surface area contributed by atoms with Crippen molar-refractivity contribution in [3.63, 3.8) is 0 Å². The van der Waals surface area contributed by atoms with Crippen LogP contribution in [0, 0.1) is 0 Å². The van der Waals surface area contributed by atoms with Crippen molar-refractivity contribution in [2.45, 2.75) is 17.8 Å². The Morgan fingerprint density at radius 2 is 1.71 bits per heavy atom. The molecule has 1 aromatic heterocycles. The molecule has 1 aliphatic heterocycles. The molecule has 3 aromatic rings. The summed E-state index contributed by atoms with van der Waals surface area (Å²) in [5, 5.41) is 4.75. The fraction of sp³-hybridized carbons (Fsp3) is 0.308. The molecule has 2 aromatic carbocycles. The largest absolute Gasteiger partial charge is 0.493 e. The molecule has 2 unspecified atom stereocenters. The maximum atomic E-state index is 13.9. The molecule has 7 nitrogen and oxygen atoms in total. The first kappa shape index (κ1) is 24.9. The highest BCUT2D eigenvalue weighted by Gasteiger charge is 2.43. The average molecular weight is 513 g/mol. The molecule has 9 heteroatoms. The van der Waals surface area contributed by atoms with E-state index in [4.69, 9.17) is 14.2 Å². The van der Waals surface area contributed by atoms with Gasteiger partial charge in [-0.3, -0.25) is 9.59 Å². The van der Waals surface area contributed by atoms with Crippen LogP contribution in [0.2, 0.25) is 0 Å². The van der Waals surface area contributed by atoms with Crippen LogP contribution < -0.4 is 19.5 Å². The van der Waals surface area contributed by atoms with Gasteiger partial charge in [-0.05, 0) is 35.6 Å². The molecule has 4 rings (SSSR count). The summed E-state index contributed by atoms with van der Waals surface area (Å²) in [4.78, 5) is 29.8. The van der Waals surface area contributed by atoms with Crippen molar-refractivity contribution in [2.75, 3.05) is 33.6 Å². The van der Waals surface area contributed by atoms with E-state index in [0.29, 0.717) is 35.1 Å². The Morgan fingerprint density at radius 1 is 1.00 bits per heavy atom. The Hall–Kier alpha value is -3.17. The Balaban J connectivity index is 1.60. The molecule has 0 aliphatic carbocycles. The number of amides is 2. The quantitative estimate of drug-likeness (QED) is 0.458. The fourth-order valence-corrected chi connectivity index (χ4v) is 6.45. The Labute approximate surface area is 213 Å². The van der Waals surface area contributed by atoms with Gasteiger partial charge in [0.2, 0.25) is 11.7 Å². The van der Waals surface area contributed by atoms with Crippen LogP contribution in [-0.2, 0) is 11.2 Å². The lowest BCUT2D eigenvalue weighted by Gasteiger charge is -2.29. The molecule has 2 atom stereocenters. The van der Waals surface area contributed by atoms with Crippen molar-refractivity contribution in [1.82, 2.24) is 10.2 Å². The van der Waals surface area contributed by atoms with Crippen molar-refractivity contribution in [3.05, 3.63) is 76.0 Å². The zero-order chi connectivity index (χ0) is 24.8. The zero-order valence-corrected chi connectivity index (χ0v) is 21.5. The summed E-state index contributed by atoms with van der Waals surface area (Å²) in [6, 6.07) is 16.6. The third kappa shape index (κ3) is 5.41. The standard InChI is InChI=1S/C26H28N2O5S2/c1-31-20-14-18(15-21(32-2)23(20)33-3)25(30)28-19(16-35-26(28)22-10-7-13-34-22)24(29)27-12-11-17-8-5-4-6-9-17/h4-10,13-15,19,26H,11-12,16H2,1-3H3,(H,27,29). The highest BCUT2D eigenvalue weighted by atomic mass is 32.2. The number of hydrogen-bond acceptors (Lipinski definition) is 7. The molecule has 184 valence electrons. The topological polar surface area (TPSA) is 77.1 Å². The zero-order valence-electron chi connectivity index (χ0n) is 19.9. The second kappa shape index (κ2) is 11.5. The molecule has 1 N–H and O–H groups in total. The van der Waals surface area contributed by atoms with E-state index in [9.17, 15) is 9.59 Å². The van der Waals surface area contributed by atoms with Gasteiger partial charge < -0.3 is 24.4 Å². The number of methoxy groups -OCH3 is 3. The second-order valence-electron chi connectivity index (χ2n) is 7.87. The third-order valence-corrected chi connectivity index (χ3v) is 8.17. The molecule has 35 heavy (non-hydrogen) atoms. The molecular formula is C26H28N2O5S2. The predicted molar refractivity (Wildman–Crippen MR) is 139 cm³/mol.